The molecule has 3 nitrogen and oxygen atoms in total. The fourth-order valence-electron chi connectivity index (χ4n) is 2.65. The van der Waals surface area contributed by atoms with Gasteiger partial charge in [0.1, 0.15) is 0 Å². The van der Waals surface area contributed by atoms with Gasteiger partial charge < -0.3 is 10.2 Å². The molecule has 1 aliphatic heterocycles. The van der Waals surface area contributed by atoms with Crippen LogP contribution < -0.4 is 5.32 Å². The number of rotatable bonds is 2. The second kappa shape index (κ2) is 5.42. The predicted molar refractivity (Wildman–Crippen MR) is 74.9 cm³/mol. The van der Waals surface area contributed by atoms with Crippen molar-refractivity contribution in [1.29, 1.82) is 0 Å². The Bertz CT molecular complexity index is 413. The molecular formula is C15H22N2O. The van der Waals surface area contributed by atoms with Gasteiger partial charge in [-0.1, -0.05) is 6.92 Å². The summed E-state index contributed by atoms with van der Waals surface area (Å²) in [6.07, 6.45) is 2.23. The normalized spacial score (nSPS) is 23.8. The van der Waals surface area contributed by atoms with E-state index in [0.29, 0.717) is 6.04 Å². The summed E-state index contributed by atoms with van der Waals surface area (Å²) in [5.41, 5.74) is 1.82. The van der Waals surface area contributed by atoms with Crippen LogP contribution >= 0.6 is 0 Å². The average molecular weight is 246 g/mol. The molecule has 0 aliphatic carbocycles. The molecule has 1 heterocycles. The van der Waals surface area contributed by atoms with E-state index in [1.807, 2.05) is 36.2 Å². The SMILES string of the molecule is CNc1ccc(C(=O)N2CCC(C)CC2C)cc1. The van der Waals surface area contributed by atoms with Gasteiger partial charge in [-0.15, -0.1) is 0 Å². The van der Waals surface area contributed by atoms with Crippen molar-refractivity contribution < 1.29 is 4.79 Å². The van der Waals surface area contributed by atoms with E-state index in [4.69, 9.17) is 0 Å². The van der Waals surface area contributed by atoms with E-state index >= 15 is 0 Å². The number of piperidine rings is 1. The second-order valence-corrected chi connectivity index (χ2v) is 5.30. The van der Waals surface area contributed by atoms with Gasteiger partial charge in [-0.3, -0.25) is 4.79 Å². The Morgan fingerprint density at radius 3 is 2.50 bits per heavy atom. The van der Waals surface area contributed by atoms with Gasteiger partial charge in [0.2, 0.25) is 0 Å². The van der Waals surface area contributed by atoms with E-state index in [-0.39, 0.29) is 5.91 Å². The van der Waals surface area contributed by atoms with Crippen LogP contribution in [-0.2, 0) is 0 Å². The number of carbonyl (C=O) groups excluding carboxylic acids is 1. The highest BCUT2D eigenvalue weighted by Gasteiger charge is 2.27. The molecule has 2 rings (SSSR count). The molecule has 18 heavy (non-hydrogen) atoms. The van der Waals surface area contributed by atoms with Gasteiger partial charge >= 0.3 is 0 Å². The predicted octanol–water partition coefficient (Wildman–Crippen LogP) is 2.99. The van der Waals surface area contributed by atoms with Gasteiger partial charge in [-0.05, 0) is 49.9 Å². The largest absolute Gasteiger partial charge is 0.388 e. The molecule has 1 aliphatic rings. The zero-order valence-electron chi connectivity index (χ0n) is 11.4. The highest BCUT2D eigenvalue weighted by atomic mass is 16.2. The molecular weight excluding hydrogens is 224 g/mol. The lowest BCUT2D eigenvalue weighted by atomic mass is 9.93. The van der Waals surface area contributed by atoms with Crippen LogP contribution in [0.2, 0.25) is 0 Å². The Morgan fingerprint density at radius 1 is 1.28 bits per heavy atom. The Labute approximate surface area is 109 Å². The molecule has 1 fully saturated rings. The first-order valence-electron chi connectivity index (χ1n) is 6.70. The quantitative estimate of drug-likeness (QED) is 0.870. The number of nitrogens with zero attached hydrogens (tertiary/aromatic N) is 1. The van der Waals surface area contributed by atoms with Gasteiger partial charge in [0.15, 0.2) is 0 Å². The van der Waals surface area contributed by atoms with Crippen molar-refractivity contribution in [3.8, 4) is 0 Å². The summed E-state index contributed by atoms with van der Waals surface area (Å²) in [5.74, 6) is 0.896. The Balaban J connectivity index is 2.10. The van der Waals surface area contributed by atoms with Crippen molar-refractivity contribution >= 4 is 11.6 Å². The summed E-state index contributed by atoms with van der Waals surface area (Å²) in [7, 11) is 1.88. The molecule has 98 valence electrons. The summed E-state index contributed by atoms with van der Waals surface area (Å²) in [6, 6.07) is 8.05. The molecule has 1 saturated heterocycles. The summed E-state index contributed by atoms with van der Waals surface area (Å²) in [5, 5.41) is 3.06. The minimum atomic E-state index is 0.164. The van der Waals surface area contributed by atoms with E-state index in [0.717, 1.165) is 36.6 Å². The molecule has 1 N–H and O–H groups in total. The van der Waals surface area contributed by atoms with Gasteiger partial charge in [0.25, 0.3) is 5.91 Å². The average Bonchev–Trinajstić information content (AvgIpc) is 2.38. The number of carbonyl (C=O) groups is 1. The number of hydrogen-bond donors (Lipinski definition) is 1. The number of amides is 1. The third-order valence-electron chi connectivity index (χ3n) is 3.82. The van der Waals surface area contributed by atoms with Crippen LogP contribution in [0, 0.1) is 5.92 Å². The number of benzene rings is 1. The zero-order valence-corrected chi connectivity index (χ0v) is 11.4. The molecule has 2 atom stereocenters. The number of nitrogens with one attached hydrogen (secondary N) is 1. The van der Waals surface area contributed by atoms with E-state index in [1.165, 1.54) is 0 Å². The minimum Gasteiger partial charge on any atom is -0.388 e. The van der Waals surface area contributed by atoms with E-state index in [2.05, 4.69) is 19.2 Å². The lowest BCUT2D eigenvalue weighted by molar-refractivity contribution is 0.0588. The van der Waals surface area contributed by atoms with Crippen LogP contribution in [0.15, 0.2) is 24.3 Å². The monoisotopic (exact) mass is 246 g/mol. The zero-order chi connectivity index (χ0) is 13.1. The molecule has 0 bridgehead atoms. The van der Waals surface area contributed by atoms with Crippen LogP contribution in [-0.4, -0.2) is 30.4 Å². The molecule has 1 aromatic rings. The number of hydrogen-bond acceptors (Lipinski definition) is 2. The third kappa shape index (κ3) is 2.66. The maximum absolute atomic E-state index is 12.4. The van der Waals surface area contributed by atoms with E-state index < -0.39 is 0 Å². The van der Waals surface area contributed by atoms with Crippen LogP contribution in [0.4, 0.5) is 5.69 Å². The first-order chi connectivity index (χ1) is 8.61. The molecule has 0 saturated carbocycles. The fourth-order valence-corrected chi connectivity index (χ4v) is 2.65. The maximum atomic E-state index is 12.4. The highest BCUT2D eigenvalue weighted by Crippen LogP contribution is 2.24. The summed E-state index contributed by atoms with van der Waals surface area (Å²) >= 11 is 0. The lowest BCUT2D eigenvalue weighted by Gasteiger charge is -2.36. The van der Waals surface area contributed by atoms with Crippen LogP contribution in [0.1, 0.15) is 37.0 Å². The molecule has 0 aromatic heterocycles. The van der Waals surface area contributed by atoms with Crippen molar-refractivity contribution in [2.75, 3.05) is 18.9 Å². The van der Waals surface area contributed by atoms with Gasteiger partial charge in [0.05, 0.1) is 0 Å². The van der Waals surface area contributed by atoms with Crippen molar-refractivity contribution in [1.82, 2.24) is 4.90 Å². The minimum absolute atomic E-state index is 0.164. The van der Waals surface area contributed by atoms with E-state index in [9.17, 15) is 4.79 Å². The first kappa shape index (κ1) is 12.9. The van der Waals surface area contributed by atoms with Crippen molar-refractivity contribution in [2.45, 2.75) is 32.7 Å². The summed E-state index contributed by atoms with van der Waals surface area (Å²) in [6.45, 7) is 5.30. The van der Waals surface area contributed by atoms with Gasteiger partial charge in [0, 0.05) is 30.9 Å². The fraction of sp³-hybridized carbons (Fsp3) is 0.533. The van der Waals surface area contributed by atoms with Gasteiger partial charge in [-0.25, -0.2) is 0 Å². The molecule has 0 spiro atoms. The van der Waals surface area contributed by atoms with Crippen molar-refractivity contribution in [3.63, 3.8) is 0 Å². The Kier molecular flexibility index (Phi) is 3.90. The third-order valence-corrected chi connectivity index (χ3v) is 3.82. The molecule has 0 radical (unpaired) electrons. The molecule has 2 unspecified atom stereocenters. The smallest absolute Gasteiger partial charge is 0.254 e. The molecule has 1 aromatic carbocycles. The first-order valence-corrected chi connectivity index (χ1v) is 6.70. The van der Waals surface area contributed by atoms with Crippen molar-refractivity contribution in [3.05, 3.63) is 29.8 Å². The lowest BCUT2D eigenvalue weighted by Crippen LogP contribution is -2.44. The number of likely N-dealkylation sites (tertiary alicyclic amines) is 1. The Morgan fingerprint density at radius 2 is 1.94 bits per heavy atom. The Hall–Kier alpha value is -1.51. The van der Waals surface area contributed by atoms with E-state index in [1.54, 1.807) is 0 Å². The molecule has 3 heteroatoms. The highest BCUT2D eigenvalue weighted by molar-refractivity contribution is 5.94. The topological polar surface area (TPSA) is 32.3 Å². The number of anilines is 1. The standard InChI is InChI=1S/C15H22N2O/c1-11-8-9-17(12(2)10-11)15(18)13-4-6-14(16-3)7-5-13/h4-7,11-12,16H,8-10H2,1-3H3. The van der Waals surface area contributed by atoms with Crippen LogP contribution in [0.3, 0.4) is 0 Å². The summed E-state index contributed by atoms with van der Waals surface area (Å²) < 4.78 is 0. The van der Waals surface area contributed by atoms with Crippen LogP contribution in [0.25, 0.3) is 0 Å². The van der Waals surface area contributed by atoms with Gasteiger partial charge in [-0.2, -0.15) is 0 Å². The molecule has 1 amide bonds. The van der Waals surface area contributed by atoms with Crippen LogP contribution in [0.5, 0.6) is 0 Å². The second-order valence-electron chi connectivity index (χ2n) is 5.30. The maximum Gasteiger partial charge on any atom is 0.254 e. The summed E-state index contributed by atoms with van der Waals surface area (Å²) in [4.78, 5) is 14.4. The van der Waals surface area contributed by atoms with Crippen molar-refractivity contribution in [2.24, 2.45) is 5.92 Å².